The van der Waals surface area contributed by atoms with E-state index in [1.165, 1.54) is 32.1 Å². The lowest BCUT2D eigenvalue weighted by Crippen LogP contribution is -2.52. The molecular weight excluding hydrogens is 236 g/mol. The Balaban J connectivity index is 2.58. The number of nitrogens with zero attached hydrogens (tertiary/aromatic N) is 1. The van der Waals surface area contributed by atoms with Crippen LogP contribution in [0.5, 0.6) is 0 Å². The molecule has 114 valence electrons. The minimum Gasteiger partial charge on any atom is -0.394 e. The van der Waals surface area contributed by atoms with Crippen LogP contribution in [0.3, 0.4) is 0 Å². The Bertz CT molecular complexity index is 241. The third-order valence-corrected chi connectivity index (χ3v) is 4.67. The second kappa shape index (κ2) is 8.23. The maximum absolute atomic E-state index is 9.65. The van der Waals surface area contributed by atoms with Crippen molar-refractivity contribution in [3.63, 3.8) is 0 Å². The number of aliphatic hydroxyl groups is 1. The zero-order chi connectivity index (χ0) is 14.3. The second-order valence-corrected chi connectivity index (χ2v) is 6.42. The monoisotopic (exact) mass is 270 g/mol. The Morgan fingerprint density at radius 3 is 2.37 bits per heavy atom. The van der Waals surface area contributed by atoms with Gasteiger partial charge in [-0.2, -0.15) is 0 Å². The first kappa shape index (κ1) is 16.9. The van der Waals surface area contributed by atoms with Crippen LogP contribution < -0.4 is 5.32 Å². The van der Waals surface area contributed by atoms with E-state index >= 15 is 0 Å². The lowest BCUT2D eigenvalue weighted by atomic mass is 9.89. The molecule has 0 aromatic heterocycles. The Labute approximate surface area is 119 Å². The topological polar surface area (TPSA) is 35.5 Å². The fraction of sp³-hybridized carbons (Fsp3) is 1.00. The zero-order valence-electron chi connectivity index (χ0n) is 13.4. The van der Waals surface area contributed by atoms with Gasteiger partial charge in [-0.05, 0) is 46.2 Å². The molecule has 2 atom stereocenters. The van der Waals surface area contributed by atoms with Gasteiger partial charge in [0.25, 0.3) is 0 Å². The van der Waals surface area contributed by atoms with Crippen molar-refractivity contribution in [3.05, 3.63) is 0 Å². The molecule has 1 saturated carbocycles. The highest BCUT2D eigenvalue weighted by molar-refractivity contribution is 4.89. The van der Waals surface area contributed by atoms with Crippen molar-refractivity contribution in [2.75, 3.05) is 19.7 Å². The average molecular weight is 270 g/mol. The van der Waals surface area contributed by atoms with Crippen molar-refractivity contribution in [2.45, 2.75) is 83.8 Å². The molecule has 19 heavy (non-hydrogen) atoms. The first-order valence-electron chi connectivity index (χ1n) is 8.18. The number of nitrogens with one attached hydrogen (secondary N) is 1. The van der Waals surface area contributed by atoms with Crippen LogP contribution in [0, 0.1) is 0 Å². The van der Waals surface area contributed by atoms with Crippen molar-refractivity contribution < 1.29 is 5.11 Å². The summed E-state index contributed by atoms with van der Waals surface area (Å²) in [5.74, 6) is 0. The quantitative estimate of drug-likeness (QED) is 0.712. The predicted octanol–water partition coefficient (Wildman–Crippen LogP) is 2.78. The van der Waals surface area contributed by atoms with Crippen LogP contribution in [0.1, 0.15) is 66.2 Å². The molecule has 0 radical (unpaired) electrons. The lowest BCUT2D eigenvalue weighted by Gasteiger charge is -2.41. The summed E-state index contributed by atoms with van der Waals surface area (Å²) in [4.78, 5) is 2.66. The Hall–Kier alpha value is -0.120. The van der Waals surface area contributed by atoms with Gasteiger partial charge >= 0.3 is 0 Å². The van der Waals surface area contributed by atoms with Gasteiger partial charge in [0, 0.05) is 17.6 Å². The summed E-state index contributed by atoms with van der Waals surface area (Å²) >= 11 is 0. The smallest absolute Gasteiger partial charge is 0.0611 e. The molecule has 1 aliphatic carbocycles. The van der Waals surface area contributed by atoms with Gasteiger partial charge < -0.3 is 10.4 Å². The van der Waals surface area contributed by atoms with Crippen LogP contribution in [0.4, 0.5) is 0 Å². The van der Waals surface area contributed by atoms with E-state index in [4.69, 9.17) is 0 Å². The highest BCUT2D eigenvalue weighted by Gasteiger charge is 2.30. The zero-order valence-corrected chi connectivity index (χ0v) is 13.4. The summed E-state index contributed by atoms with van der Waals surface area (Å²) in [7, 11) is 0. The van der Waals surface area contributed by atoms with Crippen LogP contribution >= 0.6 is 0 Å². The molecule has 0 aromatic carbocycles. The number of likely N-dealkylation sites (N-methyl/N-ethyl adjacent to an activating group) is 1. The van der Waals surface area contributed by atoms with Gasteiger partial charge in [0.2, 0.25) is 0 Å². The Morgan fingerprint density at radius 1 is 1.26 bits per heavy atom. The molecule has 3 nitrogen and oxygen atoms in total. The minimum atomic E-state index is -0.143. The van der Waals surface area contributed by atoms with E-state index in [0.29, 0.717) is 6.04 Å². The van der Waals surface area contributed by atoms with Gasteiger partial charge in [-0.1, -0.05) is 33.1 Å². The largest absolute Gasteiger partial charge is 0.394 e. The van der Waals surface area contributed by atoms with Crippen LogP contribution in [0.2, 0.25) is 0 Å². The van der Waals surface area contributed by atoms with Crippen molar-refractivity contribution >= 4 is 0 Å². The van der Waals surface area contributed by atoms with Crippen molar-refractivity contribution in [1.29, 1.82) is 0 Å². The summed E-state index contributed by atoms with van der Waals surface area (Å²) in [5, 5.41) is 13.1. The summed E-state index contributed by atoms with van der Waals surface area (Å²) in [6, 6.07) is 1.29. The van der Waals surface area contributed by atoms with Gasteiger partial charge in [-0.15, -0.1) is 0 Å². The highest BCUT2D eigenvalue weighted by Crippen LogP contribution is 2.26. The Morgan fingerprint density at radius 2 is 1.89 bits per heavy atom. The molecule has 2 unspecified atom stereocenters. The maximum Gasteiger partial charge on any atom is 0.0611 e. The molecule has 1 aliphatic rings. The van der Waals surface area contributed by atoms with E-state index in [-0.39, 0.29) is 12.1 Å². The first-order valence-corrected chi connectivity index (χ1v) is 8.18. The number of hydrogen-bond donors (Lipinski definition) is 2. The molecule has 3 heteroatoms. The molecule has 0 bridgehead atoms. The fourth-order valence-electron chi connectivity index (χ4n) is 3.73. The normalized spacial score (nSPS) is 22.4. The molecular formula is C16H34N2O. The number of hydrogen-bond acceptors (Lipinski definition) is 3. The Kier molecular flexibility index (Phi) is 7.33. The predicted molar refractivity (Wildman–Crippen MR) is 82.5 cm³/mol. The molecule has 0 spiro atoms. The van der Waals surface area contributed by atoms with E-state index < -0.39 is 0 Å². The first-order chi connectivity index (χ1) is 9.06. The van der Waals surface area contributed by atoms with Crippen LogP contribution in [-0.4, -0.2) is 47.3 Å². The molecule has 1 rings (SSSR count). The van der Waals surface area contributed by atoms with E-state index in [2.05, 4.69) is 37.9 Å². The number of aliphatic hydroxyl groups excluding tert-OH is 1. The fourth-order valence-corrected chi connectivity index (χ4v) is 3.73. The average Bonchev–Trinajstić information content (AvgIpc) is 2.41. The van der Waals surface area contributed by atoms with Gasteiger partial charge in [-0.25, -0.2) is 0 Å². The van der Waals surface area contributed by atoms with Crippen molar-refractivity contribution in [3.8, 4) is 0 Å². The second-order valence-electron chi connectivity index (χ2n) is 6.42. The van der Waals surface area contributed by atoms with Crippen LogP contribution in [0.25, 0.3) is 0 Å². The standard InChI is InChI=1S/C16H34N2O/c1-5-17-16(4,13-19)12-14(3)18(6-2)15-10-8-7-9-11-15/h14-15,17,19H,5-13H2,1-4H3. The lowest BCUT2D eigenvalue weighted by molar-refractivity contribution is 0.0767. The molecule has 0 heterocycles. The van der Waals surface area contributed by atoms with Crippen molar-refractivity contribution in [2.24, 2.45) is 0 Å². The van der Waals surface area contributed by atoms with E-state index in [9.17, 15) is 5.11 Å². The third-order valence-electron chi connectivity index (χ3n) is 4.67. The molecule has 0 amide bonds. The van der Waals surface area contributed by atoms with Gasteiger partial charge in [0.1, 0.15) is 0 Å². The molecule has 0 aliphatic heterocycles. The molecule has 1 fully saturated rings. The minimum absolute atomic E-state index is 0.143. The molecule has 2 N–H and O–H groups in total. The van der Waals surface area contributed by atoms with Gasteiger partial charge in [0.05, 0.1) is 6.61 Å². The van der Waals surface area contributed by atoms with Crippen LogP contribution in [0.15, 0.2) is 0 Å². The summed E-state index contributed by atoms with van der Waals surface area (Å²) < 4.78 is 0. The van der Waals surface area contributed by atoms with Crippen LogP contribution in [-0.2, 0) is 0 Å². The van der Waals surface area contributed by atoms with E-state index in [1.807, 2.05) is 0 Å². The maximum atomic E-state index is 9.65. The SMILES string of the molecule is CCNC(C)(CO)CC(C)N(CC)C1CCCCC1. The van der Waals surface area contributed by atoms with Gasteiger partial charge in [-0.3, -0.25) is 4.90 Å². The molecule has 0 aromatic rings. The summed E-state index contributed by atoms with van der Waals surface area (Å²) in [5.41, 5.74) is -0.143. The summed E-state index contributed by atoms with van der Waals surface area (Å²) in [6.07, 6.45) is 7.91. The summed E-state index contributed by atoms with van der Waals surface area (Å²) in [6.45, 7) is 11.1. The van der Waals surface area contributed by atoms with E-state index in [1.54, 1.807) is 0 Å². The van der Waals surface area contributed by atoms with Crippen molar-refractivity contribution in [1.82, 2.24) is 10.2 Å². The number of rotatable bonds is 8. The molecule has 0 saturated heterocycles. The van der Waals surface area contributed by atoms with Gasteiger partial charge in [0.15, 0.2) is 0 Å². The highest BCUT2D eigenvalue weighted by atomic mass is 16.3. The third kappa shape index (κ3) is 5.05. The van der Waals surface area contributed by atoms with E-state index in [0.717, 1.165) is 25.6 Å².